The number of piperazine rings is 1. The summed E-state index contributed by atoms with van der Waals surface area (Å²) in [5.41, 5.74) is 0.602. The van der Waals surface area contributed by atoms with Crippen molar-refractivity contribution >= 4 is 0 Å². The number of nitrogens with zero attached hydrogens (tertiary/aromatic N) is 2. The van der Waals surface area contributed by atoms with E-state index in [4.69, 9.17) is 0 Å². The van der Waals surface area contributed by atoms with E-state index in [9.17, 15) is 0 Å². The van der Waals surface area contributed by atoms with Gasteiger partial charge in [0.25, 0.3) is 0 Å². The number of hydrogen-bond acceptors (Lipinski definition) is 2. The molecule has 1 spiro atoms. The zero-order chi connectivity index (χ0) is 6.06. The molecule has 0 aromatic carbocycles. The van der Waals surface area contributed by atoms with Crippen LogP contribution < -0.4 is 0 Å². The van der Waals surface area contributed by atoms with Gasteiger partial charge in [0.1, 0.15) is 0 Å². The van der Waals surface area contributed by atoms with Crippen molar-refractivity contribution in [1.29, 1.82) is 0 Å². The zero-order valence-electron chi connectivity index (χ0n) is 5.80. The van der Waals surface area contributed by atoms with E-state index < -0.39 is 0 Å². The minimum atomic E-state index is 0.602. The maximum Gasteiger partial charge on any atom is 0.0871 e. The molecule has 9 heavy (non-hydrogen) atoms. The normalized spacial score (nSPS) is 62.3. The summed E-state index contributed by atoms with van der Waals surface area (Å²) in [6.45, 7) is 2.72. The number of fused-ring (bicyclic) bond motifs is 1. The van der Waals surface area contributed by atoms with Gasteiger partial charge in [-0.2, -0.15) is 0 Å². The lowest BCUT2D eigenvalue weighted by atomic mass is 10.1. The smallest absolute Gasteiger partial charge is 0.0871 e. The van der Waals surface area contributed by atoms with Crippen LogP contribution in [0.5, 0.6) is 0 Å². The first-order valence-corrected chi connectivity index (χ1v) is 3.81. The molecule has 0 radical (unpaired) electrons. The lowest BCUT2D eigenvalue weighted by Gasteiger charge is -2.15. The number of rotatable bonds is 0. The Hall–Kier alpha value is -0.0800. The number of likely N-dealkylation sites (N-methyl/N-ethyl adjacent to an activating group) is 1. The zero-order valence-corrected chi connectivity index (χ0v) is 5.80. The molecule has 3 fully saturated rings. The minimum absolute atomic E-state index is 0.602. The van der Waals surface area contributed by atoms with Crippen molar-refractivity contribution in [1.82, 2.24) is 9.80 Å². The standard InChI is InChI=1S/C7H12N2/c1-8-6-2-3-7(8)5-9(7)4-6/h6H,2-5H2,1H3. The summed E-state index contributed by atoms with van der Waals surface area (Å²) < 4.78 is 0. The Morgan fingerprint density at radius 2 is 2.44 bits per heavy atom. The van der Waals surface area contributed by atoms with Crippen LogP contribution in [0.15, 0.2) is 0 Å². The first-order chi connectivity index (χ1) is 4.33. The SMILES string of the molecule is CN1C2CCC13CN3C2. The first kappa shape index (κ1) is 4.69. The topological polar surface area (TPSA) is 6.25 Å². The second-order valence-corrected chi connectivity index (χ2v) is 3.67. The third kappa shape index (κ3) is 0.332. The molecule has 0 aliphatic carbocycles. The Morgan fingerprint density at radius 1 is 1.56 bits per heavy atom. The van der Waals surface area contributed by atoms with Gasteiger partial charge in [0, 0.05) is 19.1 Å². The molecule has 0 saturated carbocycles. The molecule has 0 aromatic rings. The predicted molar refractivity (Wildman–Crippen MR) is 35.1 cm³/mol. The molecule has 3 heterocycles. The van der Waals surface area contributed by atoms with Gasteiger partial charge in [-0.1, -0.05) is 0 Å². The van der Waals surface area contributed by atoms with Gasteiger partial charge in [0.05, 0.1) is 5.66 Å². The maximum absolute atomic E-state index is 2.60. The Balaban J connectivity index is 2.07. The average Bonchev–Trinajstić information content (AvgIpc) is 2.46. The summed E-state index contributed by atoms with van der Waals surface area (Å²) in [5.74, 6) is 0. The fourth-order valence-electron chi connectivity index (χ4n) is 2.65. The van der Waals surface area contributed by atoms with Crippen molar-refractivity contribution in [2.75, 3.05) is 20.1 Å². The van der Waals surface area contributed by atoms with Gasteiger partial charge in [-0.3, -0.25) is 9.80 Å². The van der Waals surface area contributed by atoms with Gasteiger partial charge in [-0.05, 0) is 19.9 Å². The van der Waals surface area contributed by atoms with Gasteiger partial charge in [-0.15, -0.1) is 0 Å². The van der Waals surface area contributed by atoms with Crippen LogP contribution in [-0.2, 0) is 0 Å². The summed E-state index contributed by atoms with van der Waals surface area (Å²) in [7, 11) is 2.28. The Morgan fingerprint density at radius 3 is 2.78 bits per heavy atom. The molecule has 0 aromatic heterocycles. The third-order valence-electron chi connectivity index (χ3n) is 3.44. The summed E-state index contributed by atoms with van der Waals surface area (Å²) in [5, 5.41) is 0. The van der Waals surface area contributed by atoms with E-state index in [2.05, 4.69) is 16.8 Å². The van der Waals surface area contributed by atoms with Crippen LogP contribution in [0.25, 0.3) is 0 Å². The quantitative estimate of drug-likeness (QED) is 0.423. The van der Waals surface area contributed by atoms with Crippen LogP contribution in [0.4, 0.5) is 0 Å². The average molecular weight is 124 g/mol. The van der Waals surface area contributed by atoms with E-state index in [1.807, 2.05) is 0 Å². The molecular formula is C7H12N2. The van der Waals surface area contributed by atoms with E-state index in [0.717, 1.165) is 6.04 Å². The molecular weight excluding hydrogens is 112 g/mol. The lowest BCUT2D eigenvalue weighted by molar-refractivity contribution is 0.265. The predicted octanol–water partition coefficient (Wildman–Crippen LogP) is 0.106. The van der Waals surface area contributed by atoms with Gasteiger partial charge in [0.15, 0.2) is 0 Å². The molecule has 3 atom stereocenters. The maximum atomic E-state index is 2.60. The van der Waals surface area contributed by atoms with Crippen LogP contribution in [-0.4, -0.2) is 41.6 Å². The molecule has 2 bridgehead atoms. The van der Waals surface area contributed by atoms with E-state index >= 15 is 0 Å². The van der Waals surface area contributed by atoms with E-state index in [1.165, 1.54) is 25.9 Å². The van der Waals surface area contributed by atoms with E-state index in [-0.39, 0.29) is 0 Å². The molecule has 0 N–H and O–H groups in total. The third-order valence-corrected chi connectivity index (χ3v) is 3.44. The van der Waals surface area contributed by atoms with E-state index in [1.54, 1.807) is 0 Å². The molecule has 0 amide bonds. The van der Waals surface area contributed by atoms with Crippen molar-refractivity contribution in [3.05, 3.63) is 0 Å². The molecule has 3 aliphatic heterocycles. The second kappa shape index (κ2) is 1.06. The summed E-state index contributed by atoms with van der Waals surface area (Å²) in [4.78, 5) is 5.17. The van der Waals surface area contributed by atoms with Gasteiger partial charge in [0.2, 0.25) is 0 Å². The molecule has 50 valence electrons. The van der Waals surface area contributed by atoms with Gasteiger partial charge < -0.3 is 0 Å². The van der Waals surface area contributed by atoms with Gasteiger partial charge in [-0.25, -0.2) is 0 Å². The molecule has 3 aliphatic rings. The fourth-order valence-corrected chi connectivity index (χ4v) is 2.65. The highest BCUT2D eigenvalue weighted by molar-refractivity contribution is 5.18. The van der Waals surface area contributed by atoms with Crippen LogP contribution in [0.3, 0.4) is 0 Å². The van der Waals surface area contributed by atoms with Gasteiger partial charge >= 0.3 is 0 Å². The van der Waals surface area contributed by atoms with Crippen molar-refractivity contribution in [3.63, 3.8) is 0 Å². The van der Waals surface area contributed by atoms with Crippen molar-refractivity contribution in [3.8, 4) is 0 Å². The summed E-state index contributed by atoms with van der Waals surface area (Å²) in [6.07, 6.45) is 2.89. The van der Waals surface area contributed by atoms with Crippen LogP contribution in [0.1, 0.15) is 12.8 Å². The van der Waals surface area contributed by atoms with Crippen molar-refractivity contribution < 1.29 is 0 Å². The van der Waals surface area contributed by atoms with Crippen molar-refractivity contribution in [2.45, 2.75) is 24.5 Å². The molecule has 2 heteroatoms. The molecule has 3 unspecified atom stereocenters. The monoisotopic (exact) mass is 124 g/mol. The largest absolute Gasteiger partial charge is 0.283 e. The Bertz CT molecular complexity index is 168. The highest BCUT2D eigenvalue weighted by Crippen LogP contribution is 2.52. The summed E-state index contributed by atoms with van der Waals surface area (Å²) in [6, 6.07) is 0.916. The summed E-state index contributed by atoms with van der Waals surface area (Å²) >= 11 is 0. The minimum Gasteiger partial charge on any atom is -0.283 e. The van der Waals surface area contributed by atoms with Crippen molar-refractivity contribution in [2.24, 2.45) is 0 Å². The molecule has 2 nitrogen and oxygen atoms in total. The van der Waals surface area contributed by atoms with Crippen LogP contribution in [0, 0.1) is 0 Å². The lowest BCUT2D eigenvalue weighted by Crippen LogP contribution is -2.30. The van der Waals surface area contributed by atoms with Crippen LogP contribution in [0.2, 0.25) is 0 Å². The highest BCUT2D eigenvalue weighted by Gasteiger charge is 2.65. The Kier molecular flexibility index (Phi) is 0.552. The molecule has 3 rings (SSSR count). The second-order valence-electron chi connectivity index (χ2n) is 3.67. The molecule has 3 saturated heterocycles. The van der Waals surface area contributed by atoms with E-state index in [0.29, 0.717) is 5.66 Å². The number of piperidine rings is 1. The Labute approximate surface area is 55.4 Å². The fraction of sp³-hybridized carbons (Fsp3) is 1.00. The number of hydrogen-bond donors (Lipinski definition) is 0. The van der Waals surface area contributed by atoms with Crippen LogP contribution >= 0.6 is 0 Å². The first-order valence-electron chi connectivity index (χ1n) is 3.81. The highest BCUT2D eigenvalue weighted by atomic mass is 15.6.